The third kappa shape index (κ3) is 3.33. The smallest absolute Gasteiger partial charge is 0.239 e. The molecular formula is C16H19ClFN3O2. The molecule has 5 nitrogen and oxygen atoms in total. The molecule has 124 valence electrons. The summed E-state index contributed by atoms with van der Waals surface area (Å²) < 4.78 is 13.7. The first-order valence-electron chi connectivity index (χ1n) is 7.75. The van der Waals surface area contributed by atoms with Gasteiger partial charge in [-0.2, -0.15) is 0 Å². The molecule has 0 bridgehead atoms. The molecule has 2 saturated heterocycles. The van der Waals surface area contributed by atoms with E-state index in [1.165, 1.54) is 12.1 Å². The van der Waals surface area contributed by atoms with Gasteiger partial charge in [0.2, 0.25) is 11.8 Å². The van der Waals surface area contributed by atoms with Gasteiger partial charge in [-0.15, -0.1) is 0 Å². The summed E-state index contributed by atoms with van der Waals surface area (Å²) >= 11 is 5.69. The van der Waals surface area contributed by atoms with Crippen molar-refractivity contribution in [1.29, 1.82) is 0 Å². The van der Waals surface area contributed by atoms with Gasteiger partial charge in [-0.1, -0.05) is 11.6 Å². The summed E-state index contributed by atoms with van der Waals surface area (Å²) in [5, 5.41) is 2.82. The number of piperazine rings is 1. The monoisotopic (exact) mass is 339 g/mol. The molecule has 2 amide bonds. The van der Waals surface area contributed by atoms with Crippen LogP contribution in [0.4, 0.5) is 10.1 Å². The lowest BCUT2D eigenvalue weighted by molar-refractivity contribution is -0.143. The highest BCUT2D eigenvalue weighted by atomic mass is 35.5. The number of hydrogen-bond donors (Lipinski definition) is 1. The first kappa shape index (κ1) is 16.2. The fourth-order valence-corrected chi connectivity index (χ4v) is 3.47. The Kier molecular flexibility index (Phi) is 4.55. The van der Waals surface area contributed by atoms with Crippen LogP contribution in [0.25, 0.3) is 0 Å². The SMILES string of the molecule is C[C@@H]1C(=O)N2CCC[C@H]2CN1CC(=O)Nc1ccc(Cl)cc1F. The van der Waals surface area contributed by atoms with Gasteiger partial charge in [0.05, 0.1) is 18.3 Å². The van der Waals surface area contributed by atoms with Crippen LogP contribution in [-0.2, 0) is 9.59 Å². The number of halogens is 2. The van der Waals surface area contributed by atoms with Crippen LogP contribution < -0.4 is 5.32 Å². The number of nitrogens with one attached hydrogen (secondary N) is 1. The minimum atomic E-state index is -0.574. The molecule has 2 fully saturated rings. The average Bonchev–Trinajstić information content (AvgIpc) is 2.96. The second-order valence-corrected chi connectivity index (χ2v) is 6.54. The fourth-order valence-electron chi connectivity index (χ4n) is 3.31. The molecule has 2 aliphatic heterocycles. The van der Waals surface area contributed by atoms with Crippen LogP contribution in [0.3, 0.4) is 0 Å². The molecule has 0 aliphatic carbocycles. The highest BCUT2D eigenvalue weighted by Crippen LogP contribution is 2.25. The normalized spacial score (nSPS) is 24.7. The molecule has 0 aromatic heterocycles. The number of carbonyl (C=O) groups is 2. The summed E-state index contributed by atoms with van der Waals surface area (Å²) in [6, 6.07) is 3.97. The highest BCUT2D eigenvalue weighted by Gasteiger charge is 2.40. The molecular weight excluding hydrogens is 321 g/mol. The van der Waals surface area contributed by atoms with E-state index in [0.29, 0.717) is 6.54 Å². The molecule has 0 radical (unpaired) electrons. The summed E-state index contributed by atoms with van der Waals surface area (Å²) in [4.78, 5) is 28.3. The van der Waals surface area contributed by atoms with E-state index in [4.69, 9.17) is 11.6 Å². The Morgan fingerprint density at radius 1 is 1.48 bits per heavy atom. The lowest BCUT2D eigenvalue weighted by Gasteiger charge is -2.41. The molecule has 7 heteroatoms. The zero-order valence-corrected chi connectivity index (χ0v) is 13.6. The lowest BCUT2D eigenvalue weighted by Crippen LogP contribution is -2.59. The standard InChI is InChI=1S/C16H19ClFN3O2/c1-10-16(23)21-6-2-3-12(21)8-20(10)9-15(22)19-14-5-4-11(17)7-13(14)18/h4-5,7,10,12H,2-3,6,8-9H2,1H3,(H,19,22)/t10-,12+/m1/s1. The van der Waals surface area contributed by atoms with Crippen LogP contribution >= 0.6 is 11.6 Å². The zero-order chi connectivity index (χ0) is 16.6. The molecule has 0 saturated carbocycles. The number of rotatable bonds is 3. The van der Waals surface area contributed by atoms with E-state index in [1.54, 1.807) is 0 Å². The molecule has 1 N–H and O–H groups in total. The van der Waals surface area contributed by atoms with Crippen molar-refractivity contribution >= 4 is 29.1 Å². The van der Waals surface area contributed by atoms with E-state index in [2.05, 4.69) is 5.32 Å². The first-order chi connectivity index (χ1) is 11.0. The van der Waals surface area contributed by atoms with Gasteiger partial charge in [0, 0.05) is 24.2 Å². The van der Waals surface area contributed by atoms with Crippen LogP contribution in [0.5, 0.6) is 0 Å². The van der Waals surface area contributed by atoms with E-state index in [0.717, 1.165) is 25.5 Å². The number of nitrogens with zero attached hydrogens (tertiary/aromatic N) is 2. The maximum Gasteiger partial charge on any atom is 0.239 e. The van der Waals surface area contributed by atoms with Gasteiger partial charge in [0.1, 0.15) is 5.82 Å². The van der Waals surface area contributed by atoms with Gasteiger partial charge in [0.15, 0.2) is 0 Å². The Balaban J connectivity index is 1.64. The topological polar surface area (TPSA) is 52.7 Å². The number of hydrogen-bond acceptors (Lipinski definition) is 3. The van der Waals surface area contributed by atoms with E-state index in [-0.39, 0.29) is 41.2 Å². The van der Waals surface area contributed by atoms with Crippen LogP contribution in [0.1, 0.15) is 19.8 Å². The minimum Gasteiger partial charge on any atom is -0.337 e. The second-order valence-electron chi connectivity index (χ2n) is 6.11. The Morgan fingerprint density at radius 3 is 3.00 bits per heavy atom. The Hall–Kier alpha value is -1.66. The Morgan fingerprint density at radius 2 is 2.26 bits per heavy atom. The maximum atomic E-state index is 13.7. The van der Waals surface area contributed by atoms with Gasteiger partial charge in [-0.25, -0.2) is 4.39 Å². The van der Waals surface area contributed by atoms with Gasteiger partial charge in [0.25, 0.3) is 0 Å². The largest absolute Gasteiger partial charge is 0.337 e. The zero-order valence-electron chi connectivity index (χ0n) is 12.9. The van der Waals surface area contributed by atoms with Crippen molar-refractivity contribution in [1.82, 2.24) is 9.80 Å². The van der Waals surface area contributed by atoms with Gasteiger partial charge >= 0.3 is 0 Å². The number of benzene rings is 1. The van der Waals surface area contributed by atoms with E-state index in [1.807, 2.05) is 16.7 Å². The lowest BCUT2D eigenvalue weighted by atomic mass is 10.1. The van der Waals surface area contributed by atoms with Gasteiger partial charge in [-0.3, -0.25) is 14.5 Å². The Labute approximate surface area is 139 Å². The summed E-state index contributed by atoms with van der Waals surface area (Å²) in [5.41, 5.74) is 0.0953. The van der Waals surface area contributed by atoms with Crippen molar-refractivity contribution in [2.75, 3.05) is 25.0 Å². The van der Waals surface area contributed by atoms with E-state index in [9.17, 15) is 14.0 Å². The predicted molar refractivity (Wildman–Crippen MR) is 85.8 cm³/mol. The minimum absolute atomic E-state index is 0.0688. The summed E-state index contributed by atoms with van der Waals surface area (Å²) in [7, 11) is 0. The van der Waals surface area contributed by atoms with Crippen molar-refractivity contribution in [2.45, 2.75) is 31.8 Å². The molecule has 23 heavy (non-hydrogen) atoms. The second kappa shape index (κ2) is 6.45. The number of fused-ring (bicyclic) bond motifs is 1. The molecule has 2 heterocycles. The Bertz CT molecular complexity index is 640. The molecule has 2 atom stereocenters. The average molecular weight is 340 g/mol. The van der Waals surface area contributed by atoms with Crippen molar-refractivity contribution in [2.24, 2.45) is 0 Å². The third-order valence-corrected chi connectivity index (χ3v) is 4.80. The van der Waals surface area contributed by atoms with Crippen LogP contribution in [0, 0.1) is 5.82 Å². The van der Waals surface area contributed by atoms with Gasteiger partial charge in [-0.05, 0) is 38.0 Å². The maximum absolute atomic E-state index is 13.7. The first-order valence-corrected chi connectivity index (χ1v) is 8.13. The predicted octanol–water partition coefficient (Wildman–Crippen LogP) is 2.11. The molecule has 1 aromatic rings. The summed E-state index contributed by atoms with van der Waals surface area (Å²) in [5.74, 6) is -0.836. The highest BCUT2D eigenvalue weighted by molar-refractivity contribution is 6.30. The number of amides is 2. The molecule has 2 aliphatic rings. The van der Waals surface area contributed by atoms with Crippen LogP contribution in [0.15, 0.2) is 18.2 Å². The number of anilines is 1. The summed E-state index contributed by atoms with van der Waals surface area (Å²) in [6.07, 6.45) is 1.99. The molecule has 0 spiro atoms. The van der Waals surface area contributed by atoms with Gasteiger partial charge < -0.3 is 10.2 Å². The molecule has 1 aromatic carbocycles. The molecule has 3 rings (SSSR count). The van der Waals surface area contributed by atoms with E-state index < -0.39 is 5.82 Å². The van der Waals surface area contributed by atoms with Crippen LogP contribution in [0.2, 0.25) is 5.02 Å². The van der Waals surface area contributed by atoms with Crippen molar-refractivity contribution in [3.05, 3.63) is 29.0 Å². The van der Waals surface area contributed by atoms with E-state index >= 15 is 0 Å². The van der Waals surface area contributed by atoms with Crippen molar-refractivity contribution in [3.8, 4) is 0 Å². The van der Waals surface area contributed by atoms with Crippen LogP contribution in [-0.4, -0.2) is 53.3 Å². The summed E-state index contributed by atoms with van der Waals surface area (Å²) in [6.45, 7) is 3.37. The third-order valence-electron chi connectivity index (χ3n) is 4.56. The number of carbonyl (C=O) groups excluding carboxylic acids is 2. The molecule has 0 unspecified atom stereocenters. The van der Waals surface area contributed by atoms with Crippen molar-refractivity contribution < 1.29 is 14.0 Å². The quantitative estimate of drug-likeness (QED) is 0.917. The van der Waals surface area contributed by atoms with Crippen molar-refractivity contribution in [3.63, 3.8) is 0 Å². The fraction of sp³-hybridized carbons (Fsp3) is 0.500.